The second kappa shape index (κ2) is 8.15. The van der Waals surface area contributed by atoms with Gasteiger partial charge in [0, 0.05) is 29.5 Å². The quantitative estimate of drug-likeness (QED) is 0.536. The Labute approximate surface area is 185 Å². The zero-order valence-corrected chi connectivity index (χ0v) is 18.3. The Morgan fingerprint density at radius 2 is 1.44 bits per heavy atom. The predicted octanol–water partition coefficient (Wildman–Crippen LogP) is 4.88. The Balaban J connectivity index is 1.97. The molecule has 0 amide bonds. The molecule has 0 fully saturated rings. The van der Waals surface area contributed by atoms with E-state index in [1.54, 1.807) is 26.0 Å². The van der Waals surface area contributed by atoms with E-state index in [1.807, 2.05) is 12.1 Å². The van der Waals surface area contributed by atoms with E-state index in [2.05, 4.69) is 0 Å². The van der Waals surface area contributed by atoms with Crippen molar-refractivity contribution in [3.8, 4) is 34.5 Å². The number of phenolic OH excluding ortho intramolecular Hbond substituents is 3. The van der Waals surface area contributed by atoms with Crippen LogP contribution in [0.4, 0.5) is 4.39 Å². The van der Waals surface area contributed by atoms with Gasteiger partial charge in [-0.2, -0.15) is 0 Å². The predicted molar refractivity (Wildman–Crippen MR) is 117 cm³/mol. The van der Waals surface area contributed by atoms with E-state index >= 15 is 4.39 Å². The monoisotopic (exact) mass is 440 g/mol. The van der Waals surface area contributed by atoms with Gasteiger partial charge in [-0.3, -0.25) is 0 Å². The van der Waals surface area contributed by atoms with Gasteiger partial charge in [0.2, 0.25) is 5.75 Å². The molecular weight excluding hydrogens is 415 g/mol. The summed E-state index contributed by atoms with van der Waals surface area (Å²) in [4.78, 5) is 0. The maximum atomic E-state index is 15.2. The molecular formula is C25H25FO6. The fourth-order valence-corrected chi connectivity index (χ4v) is 4.46. The molecule has 0 aromatic heterocycles. The highest BCUT2D eigenvalue weighted by molar-refractivity contribution is 5.57. The van der Waals surface area contributed by atoms with Gasteiger partial charge in [0.05, 0.1) is 20.8 Å². The SMILES string of the molecule is COc1cc(C2COc3cc(O)cc(F)c3C2c2cc(C)c(O)c(C)c2)cc(OC)c1O. The number of hydrogen-bond acceptors (Lipinski definition) is 6. The molecule has 2 atom stereocenters. The Hall–Kier alpha value is -3.61. The third kappa shape index (κ3) is 3.53. The van der Waals surface area contributed by atoms with E-state index in [9.17, 15) is 15.3 Å². The van der Waals surface area contributed by atoms with Gasteiger partial charge in [0.1, 0.15) is 23.1 Å². The van der Waals surface area contributed by atoms with E-state index in [-0.39, 0.29) is 47.0 Å². The number of fused-ring (bicyclic) bond motifs is 1. The molecule has 0 radical (unpaired) electrons. The van der Waals surface area contributed by atoms with E-state index in [0.717, 1.165) is 17.2 Å². The summed E-state index contributed by atoms with van der Waals surface area (Å²) in [5, 5.41) is 30.5. The van der Waals surface area contributed by atoms with Crippen molar-refractivity contribution < 1.29 is 33.9 Å². The molecule has 1 aliphatic heterocycles. The minimum atomic E-state index is -0.587. The number of aryl methyl sites for hydroxylation is 2. The average molecular weight is 440 g/mol. The topological polar surface area (TPSA) is 88.4 Å². The standard InChI is InChI=1S/C25H25FO6/c1-12-5-15(6-13(2)24(12)28)22-17(11-32-19-10-16(27)9-18(26)23(19)22)14-7-20(30-3)25(29)21(8-14)31-4/h5-10,17,22,27-29H,11H2,1-4H3. The summed E-state index contributed by atoms with van der Waals surface area (Å²) in [6, 6.07) is 9.49. The van der Waals surface area contributed by atoms with Crippen LogP contribution in [0.1, 0.15) is 39.7 Å². The maximum absolute atomic E-state index is 15.2. The second-order valence-electron chi connectivity index (χ2n) is 8.01. The molecule has 6 nitrogen and oxygen atoms in total. The molecule has 2 unspecified atom stereocenters. The van der Waals surface area contributed by atoms with Crippen molar-refractivity contribution >= 4 is 0 Å². The fourth-order valence-electron chi connectivity index (χ4n) is 4.46. The number of phenols is 3. The van der Waals surface area contributed by atoms with Crippen molar-refractivity contribution in [2.75, 3.05) is 20.8 Å². The van der Waals surface area contributed by atoms with Gasteiger partial charge < -0.3 is 29.5 Å². The van der Waals surface area contributed by atoms with Gasteiger partial charge >= 0.3 is 0 Å². The van der Waals surface area contributed by atoms with E-state index in [0.29, 0.717) is 16.7 Å². The molecule has 3 N–H and O–H groups in total. The van der Waals surface area contributed by atoms with Crippen LogP contribution in [0.3, 0.4) is 0 Å². The van der Waals surface area contributed by atoms with Crippen molar-refractivity contribution in [3.63, 3.8) is 0 Å². The average Bonchev–Trinajstić information content (AvgIpc) is 2.76. The zero-order chi connectivity index (χ0) is 23.2. The molecule has 4 rings (SSSR count). The van der Waals surface area contributed by atoms with Crippen molar-refractivity contribution in [1.82, 2.24) is 0 Å². The van der Waals surface area contributed by atoms with Crippen molar-refractivity contribution in [2.24, 2.45) is 0 Å². The molecule has 7 heteroatoms. The normalized spacial score (nSPS) is 17.4. The first kappa shape index (κ1) is 21.6. The van der Waals surface area contributed by atoms with Crippen molar-refractivity contribution in [3.05, 3.63) is 70.0 Å². The molecule has 0 saturated heterocycles. The third-order valence-electron chi connectivity index (χ3n) is 6.01. The third-order valence-corrected chi connectivity index (χ3v) is 6.01. The molecule has 1 aliphatic rings. The Morgan fingerprint density at radius 1 is 0.844 bits per heavy atom. The molecule has 1 heterocycles. The lowest BCUT2D eigenvalue weighted by atomic mass is 9.75. The summed E-state index contributed by atoms with van der Waals surface area (Å²) in [5.41, 5.74) is 3.18. The molecule has 3 aromatic carbocycles. The van der Waals surface area contributed by atoms with Gasteiger partial charge in [-0.25, -0.2) is 4.39 Å². The summed E-state index contributed by atoms with van der Waals surface area (Å²) in [7, 11) is 2.88. The van der Waals surface area contributed by atoms with Gasteiger partial charge in [-0.15, -0.1) is 0 Å². The molecule has 0 spiro atoms. The number of aromatic hydroxyl groups is 3. The minimum Gasteiger partial charge on any atom is -0.508 e. The number of hydrogen-bond donors (Lipinski definition) is 3. The first-order valence-corrected chi connectivity index (χ1v) is 10.1. The van der Waals surface area contributed by atoms with Gasteiger partial charge in [0.15, 0.2) is 11.5 Å². The number of ether oxygens (including phenoxy) is 3. The fraction of sp³-hybridized carbons (Fsp3) is 0.280. The van der Waals surface area contributed by atoms with Crippen LogP contribution in [0, 0.1) is 19.7 Å². The van der Waals surface area contributed by atoms with Crippen LogP contribution in [0.25, 0.3) is 0 Å². The zero-order valence-electron chi connectivity index (χ0n) is 18.3. The van der Waals surface area contributed by atoms with E-state index in [1.165, 1.54) is 20.3 Å². The van der Waals surface area contributed by atoms with Gasteiger partial charge in [-0.1, -0.05) is 12.1 Å². The lowest BCUT2D eigenvalue weighted by molar-refractivity contribution is 0.242. The number of halogens is 1. The Kier molecular flexibility index (Phi) is 5.50. The highest BCUT2D eigenvalue weighted by atomic mass is 19.1. The smallest absolute Gasteiger partial charge is 0.200 e. The molecule has 3 aromatic rings. The van der Waals surface area contributed by atoms with E-state index in [4.69, 9.17) is 14.2 Å². The highest BCUT2D eigenvalue weighted by Gasteiger charge is 2.37. The molecule has 32 heavy (non-hydrogen) atoms. The summed E-state index contributed by atoms with van der Waals surface area (Å²) in [6.45, 7) is 3.78. The lowest BCUT2D eigenvalue weighted by Crippen LogP contribution is -2.26. The van der Waals surface area contributed by atoms with Crippen LogP contribution >= 0.6 is 0 Å². The van der Waals surface area contributed by atoms with Crippen LogP contribution in [-0.4, -0.2) is 36.1 Å². The molecule has 0 aliphatic carbocycles. The van der Waals surface area contributed by atoms with E-state index < -0.39 is 11.7 Å². The summed E-state index contributed by atoms with van der Waals surface area (Å²) >= 11 is 0. The van der Waals surface area contributed by atoms with Crippen molar-refractivity contribution in [2.45, 2.75) is 25.7 Å². The Morgan fingerprint density at radius 3 is 2.00 bits per heavy atom. The summed E-state index contributed by atoms with van der Waals surface area (Å²) in [6.07, 6.45) is 0. The van der Waals surface area contributed by atoms with Crippen LogP contribution in [0.15, 0.2) is 36.4 Å². The summed E-state index contributed by atoms with van der Waals surface area (Å²) < 4.78 is 31.7. The van der Waals surface area contributed by atoms with Crippen LogP contribution in [0.2, 0.25) is 0 Å². The molecule has 0 bridgehead atoms. The van der Waals surface area contributed by atoms with Crippen molar-refractivity contribution in [1.29, 1.82) is 0 Å². The molecule has 0 saturated carbocycles. The maximum Gasteiger partial charge on any atom is 0.200 e. The summed E-state index contributed by atoms with van der Waals surface area (Å²) in [5.74, 6) is -0.868. The van der Waals surface area contributed by atoms with Crippen LogP contribution in [0.5, 0.6) is 34.5 Å². The largest absolute Gasteiger partial charge is 0.508 e. The number of methoxy groups -OCH3 is 2. The first-order chi connectivity index (χ1) is 15.2. The molecule has 168 valence electrons. The van der Waals surface area contributed by atoms with Gasteiger partial charge in [-0.05, 0) is 48.2 Å². The first-order valence-electron chi connectivity index (χ1n) is 10.1. The number of rotatable bonds is 4. The lowest BCUT2D eigenvalue weighted by Gasteiger charge is -2.35. The van der Waals surface area contributed by atoms with Gasteiger partial charge in [0.25, 0.3) is 0 Å². The Bertz CT molecular complexity index is 1140. The minimum absolute atomic E-state index is 0.125. The second-order valence-corrected chi connectivity index (χ2v) is 8.01. The van der Waals surface area contributed by atoms with Crippen LogP contribution in [-0.2, 0) is 0 Å². The highest BCUT2D eigenvalue weighted by Crippen LogP contribution is 2.51. The van der Waals surface area contributed by atoms with Crippen LogP contribution < -0.4 is 14.2 Å². The number of benzene rings is 3.